The van der Waals surface area contributed by atoms with Crippen LogP contribution in [0.4, 0.5) is 0 Å². The quantitative estimate of drug-likeness (QED) is 0.647. The lowest BCUT2D eigenvalue weighted by Gasteiger charge is -2.10. The molecular formula is C10H13N3O2S. The number of hydrogen-bond acceptors (Lipinski definition) is 3. The molecule has 0 aliphatic heterocycles. The lowest BCUT2D eigenvalue weighted by atomic mass is 10.2. The van der Waals surface area contributed by atoms with Gasteiger partial charge < -0.3 is 16.0 Å². The summed E-state index contributed by atoms with van der Waals surface area (Å²) in [6, 6.07) is 1.30. The molecule has 4 N–H and O–H groups in total. The van der Waals surface area contributed by atoms with Gasteiger partial charge >= 0.3 is 0 Å². The molecule has 0 aromatic carbocycles. The summed E-state index contributed by atoms with van der Waals surface area (Å²) in [6.07, 6.45) is 2.83. The van der Waals surface area contributed by atoms with Crippen molar-refractivity contribution in [1.82, 2.24) is 10.3 Å². The van der Waals surface area contributed by atoms with Crippen molar-refractivity contribution < 1.29 is 4.79 Å². The Hall–Kier alpha value is -1.69. The molecular weight excluding hydrogens is 226 g/mol. The van der Waals surface area contributed by atoms with Gasteiger partial charge in [0.2, 0.25) is 0 Å². The molecule has 0 bridgehead atoms. The van der Waals surface area contributed by atoms with Crippen LogP contribution in [0.25, 0.3) is 0 Å². The Labute approximate surface area is 98.0 Å². The van der Waals surface area contributed by atoms with Crippen molar-refractivity contribution in [3.63, 3.8) is 0 Å². The normalized spacial score (nSPS) is 11.8. The van der Waals surface area contributed by atoms with Crippen LogP contribution in [0.2, 0.25) is 0 Å². The van der Waals surface area contributed by atoms with Crippen LogP contribution in [0.5, 0.6) is 0 Å². The number of hydrogen-bond donors (Lipinski definition) is 3. The van der Waals surface area contributed by atoms with Crippen LogP contribution in [0.3, 0.4) is 0 Å². The lowest BCUT2D eigenvalue weighted by molar-refractivity contribution is 0.0950. The van der Waals surface area contributed by atoms with Crippen LogP contribution in [-0.4, -0.2) is 22.4 Å². The molecule has 1 amide bonds. The highest BCUT2D eigenvalue weighted by molar-refractivity contribution is 7.80. The molecule has 1 heterocycles. The summed E-state index contributed by atoms with van der Waals surface area (Å²) in [5.41, 5.74) is 5.16. The van der Waals surface area contributed by atoms with Gasteiger partial charge in [0.05, 0.1) is 4.99 Å². The standard InChI is InChI=1S/C10H13N3O2S/c1-6(9(11)16)4-13-10(15)7-5-12-3-2-8(7)14/h2-3,5-6H,4H2,1H3,(H2,11,16)(H,12,14)(H,13,15). The van der Waals surface area contributed by atoms with Crippen molar-refractivity contribution in [3.8, 4) is 0 Å². The lowest BCUT2D eigenvalue weighted by Crippen LogP contribution is -2.35. The molecule has 1 atom stereocenters. The van der Waals surface area contributed by atoms with Gasteiger partial charge in [-0.05, 0) is 0 Å². The number of carbonyl (C=O) groups is 1. The molecule has 6 heteroatoms. The number of amides is 1. The topological polar surface area (TPSA) is 88.0 Å². The minimum Gasteiger partial charge on any atom is -0.393 e. The third-order valence-corrected chi connectivity index (χ3v) is 2.53. The molecule has 1 aromatic heterocycles. The first-order valence-corrected chi connectivity index (χ1v) is 5.18. The maximum absolute atomic E-state index is 11.6. The van der Waals surface area contributed by atoms with Gasteiger partial charge in [0.1, 0.15) is 5.56 Å². The number of thiocarbonyl (C=S) groups is 1. The zero-order valence-corrected chi connectivity index (χ0v) is 9.64. The second-order valence-corrected chi connectivity index (χ2v) is 3.91. The number of H-pyrrole nitrogens is 1. The van der Waals surface area contributed by atoms with E-state index in [-0.39, 0.29) is 16.9 Å². The molecule has 1 aromatic rings. The average Bonchev–Trinajstić information content (AvgIpc) is 2.25. The zero-order valence-electron chi connectivity index (χ0n) is 8.82. The minimum atomic E-state index is -0.426. The summed E-state index contributed by atoms with van der Waals surface area (Å²) in [5, 5.41) is 2.59. The first-order valence-electron chi connectivity index (χ1n) is 4.77. The largest absolute Gasteiger partial charge is 0.393 e. The number of carbonyl (C=O) groups excluding carboxylic acids is 1. The third-order valence-electron chi connectivity index (χ3n) is 2.12. The highest BCUT2D eigenvalue weighted by Gasteiger charge is 2.11. The highest BCUT2D eigenvalue weighted by atomic mass is 32.1. The molecule has 0 spiro atoms. The van der Waals surface area contributed by atoms with Gasteiger partial charge in [0.15, 0.2) is 5.43 Å². The summed E-state index contributed by atoms with van der Waals surface area (Å²) < 4.78 is 0. The molecule has 5 nitrogen and oxygen atoms in total. The monoisotopic (exact) mass is 239 g/mol. The van der Waals surface area contributed by atoms with Gasteiger partial charge in [-0.25, -0.2) is 0 Å². The summed E-state index contributed by atoms with van der Waals surface area (Å²) in [5.74, 6) is -0.522. The van der Waals surface area contributed by atoms with Gasteiger partial charge in [0, 0.05) is 30.9 Å². The number of nitrogens with one attached hydrogen (secondary N) is 2. The fourth-order valence-corrected chi connectivity index (χ4v) is 1.12. The van der Waals surface area contributed by atoms with Crippen molar-refractivity contribution in [2.45, 2.75) is 6.92 Å². The van der Waals surface area contributed by atoms with Gasteiger partial charge in [-0.1, -0.05) is 19.1 Å². The van der Waals surface area contributed by atoms with E-state index in [9.17, 15) is 9.59 Å². The van der Waals surface area contributed by atoms with Crippen molar-refractivity contribution in [2.75, 3.05) is 6.54 Å². The van der Waals surface area contributed by atoms with Crippen LogP contribution < -0.4 is 16.5 Å². The van der Waals surface area contributed by atoms with Gasteiger partial charge in [-0.2, -0.15) is 0 Å². The van der Waals surface area contributed by atoms with E-state index < -0.39 is 5.91 Å². The second kappa shape index (κ2) is 5.41. The van der Waals surface area contributed by atoms with Crippen molar-refractivity contribution in [3.05, 3.63) is 34.2 Å². The number of nitrogens with two attached hydrogens (primary N) is 1. The SMILES string of the molecule is CC(CNC(=O)c1c[nH]ccc1=O)C(N)=S. The maximum atomic E-state index is 11.6. The van der Waals surface area contributed by atoms with E-state index in [2.05, 4.69) is 10.3 Å². The van der Waals surface area contributed by atoms with E-state index in [4.69, 9.17) is 18.0 Å². The summed E-state index contributed by atoms with van der Waals surface area (Å²) >= 11 is 4.77. The molecule has 1 rings (SSSR count). The van der Waals surface area contributed by atoms with E-state index in [1.807, 2.05) is 0 Å². The molecule has 86 valence electrons. The number of pyridine rings is 1. The molecule has 0 radical (unpaired) electrons. The Kier molecular flexibility index (Phi) is 4.19. The molecule has 0 aliphatic carbocycles. The van der Waals surface area contributed by atoms with Crippen molar-refractivity contribution >= 4 is 23.1 Å². The molecule has 16 heavy (non-hydrogen) atoms. The molecule has 1 unspecified atom stereocenters. The zero-order chi connectivity index (χ0) is 12.1. The smallest absolute Gasteiger partial charge is 0.256 e. The summed E-state index contributed by atoms with van der Waals surface area (Å²) in [7, 11) is 0. The maximum Gasteiger partial charge on any atom is 0.256 e. The Morgan fingerprint density at radius 1 is 1.69 bits per heavy atom. The Bertz CT molecular complexity index is 455. The van der Waals surface area contributed by atoms with Crippen LogP contribution in [0, 0.1) is 5.92 Å². The fourth-order valence-electron chi connectivity index (χ4n) is 1.04. The van der Waals surface area contributed by atoms with Crippen molar-refractivity contribution in [1.29, 1.82) is 0 Å². The predicted octanol–water partition coefficient (Wildman–Crippen LogP) is 0.0269. The van der Waals surface area contributed by atoms with Crippen LogP contribution in [0.15, 0.2) is 23.3 Å². The average molecular weight is 239 g/mol. The first-order chi connectivity index (χ1) is 7.52. The minimum absolute atomic E-state index is 0.0811. The Balaban J connectivity index is 2.64. The van der Waals surface area contributed by atoms with Crippen LogP contribution in [-0.2, 0) is 0 Å². The van der Waals surface area contributed by atoms with E-state index >= 15 is 0 Å². The van der Waals surface area contributed by atoms with Gasteiger partial charge in [-0.3, -0.25) is 9.59 Å². The van der Waals surface area contributed by atoms with Gasteiger partial charge in [0.25, 0.3) is 5.91 Å². The van der Waals surface area contributed by atoms with Gasteiger partial charge in [-0.15, -0.1) is 0 Å². The number of aromatic nitrogens is 1. The molecule has 0 fully saturated rings. The summed E-state index contributed by atoms with van der Waals surface area (Å²) in [4.78, 5) is 25.9. The van der Waals surface area contributed by atoms with E-state index in [0.717, 1.165) is 0 Å². The number of aromatic amines is 1. The number of rotatable bonds is 4. The fraction of sp³-hybridized carbons (Fsp3) is 0.300. The second-order valence-electron chi connectivity index (χ2n) is 3.44. The summed E-state index contributed by atoms with van der Waals surface area (Å²) in [6.45, 7) is 2.13. The highest BCUT2D eigenvalue weighted by Crippen LogP contribution is 1.94. The Morgan fingerprint density at radius 3 is 2.94 bits per heavy atom. The Morgan fingerprint density at radius 2 is 2.38 bits per heavy atom. The van der Waals surface area contributed by atoms with E-state index in [0.29, 0.717) is 11.5 Å². The molecule has 0 saturated carbocycles. The van der Waals surface area contributed by atoms with Crippen LogP contribution >= 0.6 is 12.2 Å². The van der Waals surface area contributed by atoms with E-state index in [1.165, 1.54) is 18.5 Å². The van der Waals surface area contributed by atoms with Crippen molar-refractivity contribution in [2.24, 2.45) is 11.7 Å². The van der Waals surface area contributed by atoms with Crippen LogP contribution in [0.1, 0.15) is 17.3 Å². The van der Waals surface area contributed by atoms with E-state index in [1.54, 1.807) is 6.92 Å². The first kappa shape index (κ1) is 12.4. The molecule has 0 saturated heterocycles. The molecule has 0 aliphatic rings. The predicted molar refractivity (Wildman–Crippen MR) is 65.3 cm³/mol. The third kappa shape index (κ3) is 3.16.